The molecule has 0 aliphatic carbocycles. The molecule has 3 rings (SSSR count). The third-order valence-corrected chi connectivity index (χ3v) is 5.97. The van der Waals surface area contributed by atoms with Crippen molar-refractivity contribution in [2.75, 3.05) is 18.8 Å². The molecule has 1 fully saturated rings. The number of nitrogens with zero attached hydrogens (tertiary/aromatic N) is 1. The normalized spacial score (nSPS) is 20.6. The van der Waals surface area contributed by atoms with E-state index >= 15 is 0 Å². The standard InChI is InChI=1S/C20H27N3OS/c1-20(11-6-14-25-20)16-23-19(21-12-10-18-9-5-13-24-18)22-15-17-7-3-2-4-8-17/h2-5,7-9,13H,6,10-12,14-16H2,1H3,(H2,21,22,23). The summed E-state index contributed by atoms with van der Waals surface area (Å²) in [5.74, 6) is 3.14. The molecule has 1 atom stereocenters. The molecule has 1 aliphatic rings. The molecule has 0 bridgehead atoms. The van der Waals surface area contributed by atoms with E-state index < -0.39 is 0 Å². The van der Waals surface area contributed by atoms with E-state index in [0.717, 1.165) is 31.2 Å². The highest BCUT2D eigenvalue weighted by Crippen LogP contribution is 2.36. The smallest absolute Gasteiger partial charge is 0.191 e. The van der Waals surface area contributed by atoms with Gasteiger partial charge in [0.05, 0.1) is 12.8 Å². The number of rotatable bonds is 7. The fraction of sp³-hybridized carbons (Fsp3) is 0.450. The van der Waals surface area contributed by atoms with Gasteiger partial charge in [0.2, 0.25) is 0 Å². The maximum atomic E-state index is 5.40. The van der Waals surface area contributed by atoms with Crippen LogP contribution in [-0.2, 0) is 13.0 Å². The molecule has 25 heavy (non-hydrogen) atoms. The van der Waals surface area contributed by atoms with Crippen LogP contribution in [0.25, 0.3) is 0 Å². The van der Waals surface area contributed by atoms with E-state index in [-0.39, 0.29) is 0 Å². The van der Waals surface area contributed by atoms with E-state index in [2.05, 4.69) is 53.6 Å². The van der Waals surface area contributed by atoms with Gasteiger partial charge < -0.3 is 15.1 Å². The molecular weight excluding hydrogens is 330 g/mol. The molecule has 5 heteroatoms. The van der Waals surface area contributed by atoms with Crippen LogP contribution in [0.5, 0.6) is 0 Å². The summed E-state index contributed by atoms with van der Waals surface area (Å²) < 4.78 is 5.71. The summed E-state index contributed by atoms with van der Waals surface area (Å²) in [5.41, 5.74) is 1.22. The van der Waals surface area contributed by atoms with E-state index in [0.29, 0.717) is 11.3 Å². The van der Waals surface area contributed by atoms with Crippen molar-refractivity contribution in [2.24, 2.45) is 4.99 Å². The van der Waals surface area contributed by atoms with Crippen LogP contribution in [-0.4, -0.2) is 29.5 Å². The first-order valence-electron chi connectivity index (χ1n) is 8.96. The lowest BCUT2D eigenvalue weighted by molar-refractivity contribution is 0.506. The van der Waals surface area contributed by atoms with Crippen LogP contribution in [0, 0.1) is 0 Å². The van der Waals surface area contributed by atoms with Gasteiger partial charge in [-0.2, -0.15) is 11.8 Å². The maximum Gasteiger partial charge on any atom is 0.191 e. The van der Waals surface area contributed by atoms with E-state index in [1.807, 2.05) is 18.2 Å². The molecule has 2 N–H and O–H groups in total. The Kier molecular flexibility index (Phi) is 6.45. The summed E-state index contributed by atoms with van der Waals surface area (Å²) in [6.45, 7) is 4.77. The lowest BCUT2D eigenvalue weighted by Gasteiger charge is -2.24. The van der Waals surface area contributed by atoms with Crippen molar-refractivity contribution in [2.45, 2.75) is 37.5 Å². The molecule has 4 nitrogen and oxygen atoms in total. The minimum Gasteiger partial charge on any atom is -0.469 e. The summed E-state index contributed by atoms with van der Waals surface area (Å²) in [4.78, 5) is 4.76. The van der Waals surface area contributed by atoms with Crippen molar-refractivity contribution >= 4 is 17.7 Å². The van der Waals surface area contributed by atoms with E-state index in [1.54, 1.807) is 6.26 Å². The number of hydrogen-bond acceptors (Lipinski definition) is 3. The van der Waals surface area contributed by atoms with Crippen LogP contribution >= 0.6 is 11.8 Å². The molecule has 1 aromatic carbocycles. The van der Waals surface area contributed by atoms with Crippen LogP contribution in [0.15, 0.2) is 58.1 Å². The van der Waals surface area contributed by atoms with Crippen LogP contribution in [0.1, 0.15) is 31.1 Å². The third kappa shape index (κ3) is 5.85. The second kappa shape index (κ2) is 8.99. The predicted octanol–water partition coefficient (Wildman–Crippen LogP) is 3.84. The van der Waals surface area contributed by atoms with Crippen molar-refractivity contribution < 1.29 is 4.42 Å². The summed E-state index contributed by atoms with van der Waals surface area (Å²) in [6.07, 6.45) is 5.15. The van der Waals surface area contributed by atoms with Gasteiger partial charge in [-0.1, -0.05) is 30.3 Å². The fourth-order valence-electron chi connectivity index (χ4n) is 2.93. The molecule has 0 radical (unpaired) electrons. The molecule has 0 saturated carbocycles. The van der Waals surface area contributed by atoms with Crippen molar-refractivity contribution in [1.29, 1.82) is 0 Å². The van der Waals surface area contributed by atoms with E-state index in [1.165, 1.54) is 24.2 Å². The second-order valence-electron chi connectivity index (χ2n) is 6.66. The minimum absolute atomic E-state index is 0.316. The van der Waals surface area contributed by atoms with Gasteiger partial charge >= 0.3 is 0 Å². The summed E-state index contributed by atoms with van der Waals surface area (Å²) in [7, 11) is 0. The van der Waals surface area contributed by atoms with Crippen LogP contribution in [0.4, 0.5) is 0 Å². The van der Waals surface area contributed by atoms with Crippen molar-refractivity contribution in [3.05, 3.63) is 60.1 Å². The second-order valence-corrected chi connectivity index (χ2v) is 8.34. The number of guanidine groups is 1. The van der Waals surface area contributed by atoms with Gasteiger partial charge in [-0.15, -0.1) is 0 Å². The Balaban J connectivity index is 1.55. The SMILES string of the molecule is CC1(CNC(=NCc2ccccc2)NCCc2ccco2)CCCS1. The molecule has 1 aromatic heterocycles. The highest BCUT2D eigenvalue weighted by molar-refractivity contribution is 8.00. The van der Waals surface area contributed by atoms with E-state index in [4.69, 9.17) is 9.41 Å². The third-order valence-electron chi connectivity index (χ3n) is 4.44. The molecule has 1 aliphatic heterocycles. The van der Waals surface area contributed by atoms with Crippen LogP contribution in [0.3, 0.4) is 0 Å². The zero-order valence-electron chi connectivity index (χ0n) is 14.8. The highest BCUT2D eigenvalue weighted by atomic mass is 32.2. The Labute approximate surface area is 154 Å². The van der Waals surface area contributed by atoms with Gasteiger partial charge in [0, 0.05) is 24.3 Å². The first-order chi connectivity index (χ1) is 12.2. The Hall–Kier alpha value is -1.88. The van der Waals surface area contributed by atoms with Gasteiger partial charge in [-0.25, -0.2) is 4.99 Å². The summed E-state index contributed by atoms with van der Waals surface area (Å²) >= 11 is 2.06. The number of aliphatic imine (C=N–C) groups is 1. The van der Waals surface area contributed by atoms with Crippen LogP contribution < -0.4 is 10.6 Å². The average Bonchev–Trinajstić information content (AvgIpc) is 3.30. The minimum atomic E-state index is 0.316. The molecule has 2 heterocycles. The molecule has 0 spiro atoms. The molecule has 134 valence electrons. The van der Waals surface area contributed by atoms with Gasteiger partial charge in [0.1, 0.15) is 5.76 Å². The summed E-state index contributed by atoms with van der Waals surface area (Å²) in [6, 6.07) is 14.3. The first kappa shape index (κ1) is 17.9. The molecule has 0 amide bonds. The Morgan fingerprint density at radius 2 is 2.08 bits per heavy atom. The number of thioether (sulfide) groups is 1. The lowest BCUT2D eigenvalue weighted by Crippen LogP contribution is -2.44. The number of furan rings is 1. The Bertz CT molecular complexity index is 649. The van der Waals surface area contributed by atoms with Crippen LogP contribution in [0.2, 0.25) is 0 Å². The van der Waals surface area contributed by atoms with Crippen molar-refractivity contribution in [1.82, 2.24) is 10.6 Å². The number of nitrogens with one attached hydrogen (secondary N) is 2. The average molecular weight is 358 g/mol. The Morgan fingerprint density at radius 1 is 1.20 bits per heavy atom. The zero-order chi connectivity index (χ0) is 17.4. The zero-order valence-corrected chi connectivity index (χ0v) is 15.6. The maximum absolute atomic E-state index is 5.40. The number of benzene rings is 1. The van der Waals surface area contributed by atoms with Crippen molar-refractivity contribution in [3.8, 4) is 0 Å². The highest BCUT2D eigenvalue weighted by Gasteiger charge is 2.29. The molecule has 1 unspecified atom stereocenters. The van der Waals surface area contributed by atoms with Gasteiger partial charge in [-0.3, -0.25) is 0 Å². The Morgan fingerprint density at radius 3 is 2.80 bits per heavy atom. The topological polar surface area (TPSA) is 49.6 Å². The van der Waals surface area contributed by atoms with Gasteiger partial charge in [0.15, 0.2) is 5.96 Å². The lowest BCUT2D eigenvalue weighted by atomic mass is 10.1. The predicted molar refractivity (Wildman–Crippen MR) is 106 cm³/mol. The monoisotopic (exact) mass is 357 g/mol. The number of hydrogen-bond donors (Lipinski definition) is 2. The van der Waals surface area contributed by atoms with Gasteiger partial charge in [-0.05, 0) is 43.2 Å². The largest absolute Gasteiger partial charge is 0.469 e. The quantitative estimate of drug-likeness (QED) is 0.584. The van der Waals surface area contributed by atoms with Gasteiger partial charge in [0.25, 0.3) is 0 Å². The first-order valence-corrected chi connectivity index (χ1v) is 9.95. The summed E-state index contributed by atoms with van der Waals surface area (Å²) in [5, 5.41) is 6.98. The van der Waals surface area contributed by atoms with E-state index in [9.17, 15) is 0 Å². The molecule has 1 saturated heterocycles. The van der Waals surface area contributed by atoms with Crippen molar-refractivity contribution in [3.63, 3.8) is 0 Å². The molecular formula is C20H27N3OS. The molecule has 2 aromatic rings. The fourth-order valence-corrected chi connectivity index (χ4v) is 4.18.